The van der Waals surface area contributed by atoms with E-state index in [-0.39, 0.29) is 23.8 Å². The molecule has 0 aromatic heterocycles. The minimum atomic E-state index is -0.475. The number of hydrogen-bond acceptors (Lipinski definition) is 3. The SMILES string of the molecule is CCCC(CN)(CCC)C(=O)N1CC(C(N)=O)CCC1C. The molecule has 1 aliphatic heterocycles. The number of amides is 2. The van der Waals surface area contributed by atoms with Crippen LogP contribution in [0.2, 0.25) is 0 Å². The molecule has 0 aliphatic carbocycles. The fraction of sp³-hybridized carbons (Fsp3) is 0.875. The summed E-state index contributed by atoms with van der Waals surface area (Å²) in [6.07, 6.45) is 5.09. The van der Waals surface area contributed by atoms with E-state index in [1.54, 1.807) is 0 Å². The number of primary amides is 1. The van der Waals surface area contributed by atoms with Crippen LogP contribution in [0.25, 0.3) is 0 Å². The Kier molecular flexibility index (Phi) is 6.65. The number of likely N-dealkylation sites (tertiary alicyclic amines) is 1. The van der Waals surface area contributed by atoms with E-state index in [0.717, 1.165) is 38.5 Å². The Bertz CT molecular complexity index is 365. The first-order chi connectivity index (χ1) is 9.91. The maximum absolute atomic E-state index is 13.1. The summed E-state index contributed by atoms with van der Waals surface area (Å²) in [5.74, 6) is -0.403. The van der Waals surface area contributed by atoms with E-state index in [4.69, 9.17) is 11.5 Å². The topological polar surface area (TPSA) is 89.4 Å². The van der Waals surface area contributed by atoms with Crippen LogP contribution >= 0.6 is 0 Å². The molecule has 0 bridgehead atoms. The summed E-state index contributed by atoms with van der Waals surface area (Å²) in [7, 11) is 0. The fourth-order valence-corrected chi connectivity index (χ4v) is 3.51. The van der Waals surface area contributed by atoms with Crippen molar-refractivity contribution in [3.8, 4) is 0 Å². The smallest absolute Gasteiger partial charge is 0.230 e. The quantitative estimate of drug-likeness (QED) is 0.748. The van der Waals surface area contributed by atoms with E-state index >= 15 is 0 Å². The summed E-state index contributed by atoms with van der Waals surface area (Å²) in [5.41, 5.74) is 10.9. The molecule has 21 heavy (non-hydrogen) atoms. The monoisotopic (exact) mass is 297 g/mol. The molecule has 1 saturated heterocycles. The van der Waals surface area contributed by atoms with Crippen LogP contribution in [-0.4, -0.2) is 35.8 Å². The van der Waals surface area contributed by atoms with Gasteiger partial charge in [-0.15, -0.1) is 0 Å². The van der Waals surface area contributed by atoms with Crippen molar-refractivity contribution in [1.82, 2.24) is 4.90 Å². The molecular formula is C16H31N3O2. The van der Waals surface area contributed by atoms with Gasteiger partial charge in [-0.05, 0) is 32.6 Å². The van der Waals surface area contributed by atoms with Gasteiger partial charge in [-0.2, -0.15) is 0 Å². The van der Waals surface area contributed by atoms with Crippen molar-refractivity contribution >= 4 is 11.8 Å². The van der Waals surface area contributed by atoms with Crippen molar-refractivity contribution < 1.29 is 9.59 Å². The number of rotatable bonds is 7. The van der Waals surface area contributed by atoms with Crippen molar-refractivity contribution in [2.75, 3.05) is 13.1 Å². The molecule has 0 aromatic rings. The molecule has 0 aromatic carbocycles. The van der Waals surface area contributed by atoms with E-state index in [0.29, 0.717) is 13.1 Å². The second kappa shape index (κ2) is 7.78. The normalized spacial score (nSPS) is 23.1. The number of piperidine rings is 1. The van der Waals surface area contributed by atoms with Crippen molar-refractivity contribution in [1.29, 1.82) is 0 Å². The highest BCUT2D eigenvalue weighted by atomic mass is 16.2. The zero-order valence-corrected chi connectivity index (χ0v) is 13.7. The zero-order chi connectivity index (χ0) is 16.0. The van der Waals surface area contributed by atoms with Crippen LogP contribution in [0.1, 0.15) is 59.3 Å². The summed E-state index contributed by atoms with van der Waals surface area (Å²) in [4.78, 5) is 26.4. The van der Waals surface area contributed by atoms with E-state index in [9.17, 15) is 9.59 Å². The zero-order valence-electron chi connectivity index (χ0n) is 13.7. The molecule has 1 fully saturated rings. The highest BCUT2D eigenvalue weighted by molar-refractivity contribution is 5.85. The predicted octanol–water partition coefficient (Wildman–Crippen LogP) is 1.64. The standard InChI is InChI=1S/C16H31N3O2/c1-4-8-16(11-17,9-5-2)15(21)19-10-13(14(18)20)7-6-12(19)3/h12-13H,4-11,17H2,1-3H3,(H2,18,20). The molecule has 0 spiro atoms. The summed E-state index contributed by atoms with van der Waals surface area (Å²) < 4.78 is 0. The number of carbonyl (C=O) groups is 2. The summed E-state index contributed by atoms with van der Waals surface area (Å²) in [5, 5.41) is 0. The minimum absolute atomic E-state index is 0.118. The van der Waals surface area contributed by atoms with Crippen LogP contribution in [0.5, 0.6) is 0 Å². The average molecular weight is 297 g/mol. The van der Waals surface area contributed by atoms with Crippen LogP contribution in [0.4, 0.5) is 0 Å². The highest BCUT2D eigenvalue weighted by Crippen LogP contribution is 2.34. The van der Waals surface area contributed by atoms with Crippen molar-refractivity contribution in [2.24, 2.45) is 22.8 Å². The molecule has 4 N–H and O–H groups in total. The Hall–Kier alpha value is -1.10. The lowest BCUT2D eigenvalue weighted by atomic mass is 9.76. The molecule has 0 saturated carbocycles. The number of nitrogens with zero attached hydrogens (tertiary/aromatic N) is 1. The maximum atomic E-state index is 13.1. The summed E-state index contributed by atoms with van der Waals surface area (Å²) in [6.45, 7) is 7.04. The van der Waals surface area contributed by atoms with Crippen LogP contribution in [0.15, 0.2) is 0 Å². The third-order valence-corrected chi connectivity index (χ3v) is 4.85. The lowest BCUT2D eigenvalue weighted by Crippen LogP contribution is -2.55. The van der Waals surface area contributed by atoms with Gasteiger partial charge in [-0.25, -0.2) is 0 Å². The van der Waals surface area contributed by atoms with Gasteiger partial charge in [-0.1, -0.05) is 26.7 Å². The average Bonchev–Trinajstić information content (AvgIpc) is 2.46. The van der Waals surface area contributed by atoms with E-state index in [1.807, 2.05) is 11.8 Å². The Morgan fingerprint density at radius 1 is 1.19 bits per heavy atom. The van der Waals surface area contributed by atoms with Crippen molar-refractivity contribution in [3.63, 3.8) is 0 Å². The van der Waals surface area contributed by atoms with Gasteiger partial charge in [0.1, 0.15) is 0 Å². The van der Waals surface area contributed by atoms with Gasteiger partial charge >= 0.3 is 0 Å². The second-order valence-electron chi connectivity index (χ2n) is 6.47. The third-order valence-electron chi connectivity index (χ3n) is 4.85. The van der Waals surface area contributed by atoms with Gasteiger partial charge in [0.25, 0.3) is 0 Å². The molecule has 5 heteroatoms. The lowest BCUT2D eigenvalue weighted by molar-refractivity contribution is -0.148. The molecule has 5 nitrogen and oxygen atoms in total. The molecule has 0 radical (unpaired) electrons. The molecule has 1 aliphatic rings. The molecule has 1 heterocycles. The second-order valence-corrected chi connectivity index (χ2v) is 6.47. The van der Waals surface area contributed by atoms with Gasteiger partial charge < -0.3 is 16.4 Å². The van der Waals surface area contributed by atoms with Gasteiger partial charge in [0.15, 0.2) is 0 Å². The summed E-state index contributed by atoms with van der Waals surface area (Å²) in [6, 6.07) is 0.160. The van der Waals surface area contributed by atoms with Gasteiger partial charge in [-0.3, -0.25) is 9.59 Å². The van der Waals surface area contributed by atoms with Gasteiger partial charge in [0.2, 0.25) is 11.8 Å². The van der Waals surface area contributed by atoms with E-state index < -0.39 is 5.41 Å². The summed E-state index contributed by atoms with van der Waals surface area (Å²) >= 11 is 0. The molecule has 2 atom stereocenters. The van der Waals surface area contributed by atoms with Crippen LogP contribution < -0.4 is 11.5 Å². The van der Waals surface area contributed by atoms with Crippen LogP contribution in [-0.2, 0) is 9.59 Å². The molecular weight excluding hydrogens is 266 g/mol. The largest absolute Gasteiger partial charge is 0.369 e. The Morgan fingerprint density at radius 3 is 2.19 bits per heavy atom. The maximum Gasteiger partial charge on any atom is 0.230 e. The molecule has 122 valence electrons. The first-order valence-corrected chi connectivity index (χ1v) is 8.22. The van der Waals surface area contributed by atoms with Crippen molar-refractivity contribution in [2.45, 2.75) is 65.3 Å². The Morgan fingerprint density at radius 2 is 1.76 bits per heavy atom. The first kappa shape index (κ1) is 18.0. The molecule has 1 rings (SSSR count). The Balaban J connectivity index is 2.97. The van der Waals surface area contributed by atoms with Crippen molar-refractivity contribution in [3.05, 3.63) is 0 Å². The molecule has 2 amide bonds. The lowest BCUT2D eigenvalue weighted by Gasteiger charge is -2.43. The highest BCUT2D eigenvalue weighted by Gasteiger charge is 2.42. The number of hydrogen-bond donors (Lipinski definition) is 2. The fourth-order valence-electron chi connectivity index (χ4n) is 3.51. The van der Waals surface area contributed by atoms with Crippen LogP contribution in [0.3, 0.4) is 0 Å². The van der Waals surface area contributed by atoms with Gasteiger partial charge in [0, 0.05) is 19.1 Å². The van der Waals surface area contributed by atoms with E-state index in [2.05, 4.69) is 13.8 Å². The number of carbonyl (C=O) groups excluding carboxylic acids is 2. The first-order valence-electron chi connectivity index (χ1n) is 8.22. The predicted molar refractivity (Wildman–Crippen MR) is 84.4 cm³/mol. The minimum Gasteiger partial charge on any atom is -0.369 e. The number of nitrogens with two attached hydrogens (primary N) is 2. The van der Waals surface area contributed by atoms with Crippen LogP contribution in [0, 0.1) is 11.3 Å². The van der Waals surface area contributed by atoms with E-state index in [1.165, 1.54) is 0 Å². The third kappa shape index (κ3) is 3.96. The van der Waals surface area contributed by atoms with Gasteiger partial charge in [0.05, 0.1) is 11.3 Å². The Labute approximate surface area is 128 Å². The molecule has 2 unspecified atom stereocenters.